The lowest BCUT2D eigenvalue weighted by Gasteiger charge is -2.11. The van der Waals surface area contributed by atoms with Crippen LogP contribution in [-0.2, 0) is 11.3 Å². The quantitative estimate of drug-likeness (QED) is 0.507. The lowest BCUT2D eigenvalue weighted by molar-refractivity contribution is -0.117. The van der Waals surface area contributed by atoms with Gasteiger partial charge in [0.15, 0.2) is 0 Å². The van der Waals surface area contributed by atoms with Gasteiger partial charge in [-0.25, -0.2) is 4.68 Å². The Morgan fingerprint density at radius 2 is 1.83 bits per heavy atom. The summed E-state index contributed by atoms with van der Waals surface area (Å²) in [6, 6.07) is 18.3. The van der Waals surface area contributed by atoms with Crippen LogP contribution in [0.15, 0.2) is 71.7 Å². The molecule has 0 radical (unpaired) electrons. The molecule has 4 rings (SSSR count). The summed E-state index contributed by atoms with van der Waals surface area (Å²) in [7, 11) is 0. The largest absolute Gasteiger partial charge is 0.345 e. The first-order chi connectivity index (χ1) is 14.4. The molecule has 1 N–H and O–H groups in total. The van der Waals surface area contributed by atoms with Gasteiger partial charge in [0.1, 0.15) is 6.54 Å². The minimum absolute atomic E-state index is 0.179. The average Bonchev–Trinajstić information content (AvgIpc) is 3.16. The summed E-state index contributed by atoms with van der Waals surface area (Å²) in [5.74, 6) is -0.317. The van der Waals surface area contributed by atoms with Crippen LogP contribution in [0.3, 0.4) is 0 Å². The van der Waals surface area contributed by atoms with Crippen molar-refractivity contribution in [1.29, 1.82) is 0 Å². The number of aromatic nitrogens is 3. The zero-order valence-corrected chi connectivity index (χ0v) is 17.4. The number of hydrogen-bond donors (Lipinski definition) is 1. The van der Waals surface area contributed by atoms with Gasteiger partial charge < -0.3 is 9.88 Å². The number of nitrogens with one attached hydrogen (secondary N) is 1. The van der Waals surface area contributed by atoms with Gasteiger partial charge in [0, 0.05) is 34.3 Å². The van der Waals surface area contributed by atoms with E-state index in [1.54, 1.807) is 18.2 Å². The van der Waals surface area contributed by atoms with Crippen LogP contribution in [0, 0.1) is 0 Å². The van der Waals surface area contributed by atoms with Crippen molar-refractivity contribution in [2.75, 3.05) is 5.32 Å². The third-order valence-electron chi connectivity index (χ3n) is 4.89. The van der Waals surface area contributed by atoms with Gasteiger partial charge in [0.05, 0.1) is 16.9 Å². The fourth-order valence-corrected chi connectivity index (χ4v) is 3.54. The number of amides is 1. The lowest BCUT2D eigenvalue weighted by Crippen LogP contribution is -2.29. The molecule has 2 heterocycles. The number of benzene rings is 2. The van der Waals surface area contributed by atoms with Crippen LogP contribution in [-0.4, -0.2) is 20.3 Å². The molecule has 1 amide bonds. The Morgan fingerprint density at radius 1 is 1.07 bits per heavy atom. The van der Waals surface area contributed by atoms with Gasteiger partial charge in [-0.3, -0.25) is 9.59 Å². The van der Waals surface area contributed by atoms with Crippen molar-refractivity contribution in [3.05, 3.63) is 82.2 Å². The van der Waals surface area contributed by atoms with Crippen molar-refractivity contribution in [3.63, 3.8) is 0 Å². The monoisotopic (exact) mass is 420 g/mol. The molecule has 0 unspecified atom stereocenters. The van der Waals surface area contributed by atoms with Crippen molar-refractivity contribution in [2.45, 2.75) is 26.4 Å². The van der Waals surface area contributed by atoms with E-state index >= 15 is 0 Å². The molecule has 0 spiro atoms. The van der Waals surface area contributed by atoms with Gasteiger partial charge in [-0.2, -0.15) is 5.10 Å². The number of rotatable bonds is 5. The second-order valence-electron chi connectivity index (χ2n) is 7.32. The predicted octanol–water partition coefficient (Wildman–Crippen LogP) is 4.74. The number of anilines is 1. The Labute approximate surface area is 178 Å². The molecule has 0 aliphatic rings. The Morgan fingerprint density at radius 3 is 2.57 bits per heavy atom. The zero-order valence-electron chi connectivity index (χ0n) is 16.7. The van der Waals surface area contributed by atoms with Crippen LogP contribution >= 0.6 is 11.6 Å². The maximum atomic E-state index is 12.7. The van der Waals surface area contributed by atoms with Crippen molar-refractivity contribution < 1.29 is 4.79 Å². The minimum Gasteiger partial charge on any atom is -0.345 e. The number of nitrogens with zero attached hydrogens (tertiary/aromatic N) is 3. The van der Waals surface area contributed by atoms with Gasteiger partial charge in [0.2, 0.25) is 5.91 Å². The first kappa shape index (κ1) is 19.9. The van der Waals surface area contributed by atoms with E-state index in [1.165, 1.54) is 10.7 Å². The highest BCUT2D eigenvalue weighted by molar-refractivity contribution is 6.30. The molecule has 7 heteroatoms. The Kier molecular flexibility index (Phi) is 5.42. The van der Waals surface area contributed by atoms with Crippen molar-refractivity contribution in [1.82, 2.24) is 14.3 Å². The van der Waals surface area contributed by atoms with Gasteiger partial charge >= 0.3 is 0 Å². The van der Waals surface area contributed by atoms with Crippen LogP contribution in [0.5, 0.6) is 0 Å². The molecule has 0 atom stereocenters. The Balaban J connectivity index is 1.58. The zero-order chi connectivity index (χ0) is 21.3. The molecule has 4 aromatic rings. The van der Waals surface area contributed by atoms with Crippen LogP contribution in [0.1, 0.15) is 19.9 Å². The molecule has 0 bridgehead atoms. The molecule has 0 aliphatic heterocycles. The van der Waals surface area contributed by atoms with E-state index in [4.69, 9.17) is 11.6 Å². The maximum Gasteiger partial charge on any atom is 0.267 e. The Hall–Kier alpha value is -3.38. The molecule has 6 nitrogen and oxygen atoms in total. The van der Waals surface area contributed by atoms with E-state index in [-0.39, 0.29) is 18.0 Å². The molecule has 152 valence electrons. The van der Waals surface area contributed by atoms with Crippen molar-refractivity contribution in [2.24, 2.45) is 0 Å². The molecule has 0 fully saturated rings. The third-order valence-corrected chi connectivity index (χ3v) is 5.15. The number of fused-ring (bicyclic) bond motifs is 1. The highest BCUT2D eigenvalue weighted by Crippen LogP contribution is 2.27. The van der Waals surface area contributed by atoms with E-state index in [9.17, 15) is 9.59 Å². The molecule has 0 saturated heterocycles. The lowest BCUT2D eigenvalue weighted by atomic mass is 10.1. The second-order valence-corrected chi connectivity index (χ2v) is 7.76. The maximum absolute atomic E-state index is 12.7. The summed E-state index contributed by atoms with van der Waals surface area (Å²) in [4.78, 5) is 24.9. The highest BCUT2D eigenvalue weighted by Gasteiger charge is 2.12. The summed E-state index contributed by atoms with van der Waals surface area (Å²) >= 11 is 5.93. The van der Waals surface area contributed by atoms with E-state index in [1.807, 2.05) is 42.6 Å². The standard InChI is InChI=1S/C23H21ClN4O2/c1-15(2)27-13-12-18-20(4-3-5-21(18)27)25-22(29)14-28-23(30)11-10-19(26-28)16-6-8-17(24)9-7-16/h3-13,15H,14H2,1-2H3,(H,25,29). The van der Waals surface area contributed by atoms with Crippen LogP contribution in [0.4, 0.5) is 5.69 Å². The van der Waals surface area contributed by atoms with Crippen molar-refractivity contribution >= 4 is 34.1 Å². The Bertz CT molecular complexity index is 1270. The van der Waals surface area contributed by atoms with Gasteiger partial charge in [0.25, 0.3) is 5.56 Å². The van der Waals surface area contributed by atoms with Crippen LogP contribution in [0.25, 0.3) is 22.2 Å². The summed E-state index contributed by atoms with van der Waals surface area (Å²) in [6.45, 7) is 4.04. The summed E-state index contributed by atoms with van der Waals surface area (Å²) in [5, 5.41) is 8.82. The first-order valence-electron chi connectivity index (χ1n) is 9.66. The van der Waals surface area contributed by atoms with Crippen LogP contribution in [0.2, 0.25) is 5.02 Å². The minimum atomic E-state index is -0.341. The number of halogens is 1. The average molecular weight is 421 g/mol. The molecule has 0 aliphatic carbocycles. The number of carbonyl (C=O) groups is 1. The molecule has 0 saturated carbocycles. The van der Waals surface area contributed by atoms with E-state index in [2.05, 4.69) is 28.8 Å². The van der Waals surface area contributed by atoms with Gasteiger partial charge in [-0.05, 0) is 50.2 Å². The second kappa shape index (κ2) is 8.16. The SMILES string of the molecule is CC(C)n1ccc2c(NC(=O)Cn3nc(-c4ccc(Cl)cc4)ccc3=O)cccc21. The molecule has 2 aromatic carbocycles. The summed E-state index contributed by atoms with van der Waals surface area (Å²) in [5.41, 5.74) is 2.82. The fourth-order valence-electron chi connectivity index (χ4n) is 3.41. The van der Waals surface area contributed by atoms with E-state index in [0.29, 0.717) is 22.4 Å². The van der Waals surface area contributed by atoms with Gasteiger partial charge in [-0.1, -0.05) is 29.8 Å². The molecular formula is C23H21ClN4O2. The first-order valence-corrected chi connectivity index (χ1v) is 10.0. The van der Waals surface area contributed by atoms with Crippen LogP contribution < -0.4 is 10.9 Å². The van der Waals surface area contributed by atoms with E-state index < -0.39 is 0 Å². The van der Waals surface area contributed by atoms with E-state index in [0.717, 1.165) is 16.5 Å². The summed E-state index contributed by atoms with van der Waals surface area (Å²) in [6.07, 6.45) is 2.01. The normalized spacial score (nSPS) is 11.2. The highest BCUT2D eigenvalue weighted by atomic mass is 35.5. The molecular weight excluding hydrogens is 400 g/mol. The number of hydrogen-bond acceptors (Lipinski definition) is 3. The summed E-state index contributed by atoms with van der Waals surface area (Å²) < 4.78 is 3.31. The number of carbonyl (C=O) groups excluding carboxylic acids is 1. The molecule has 2 aromatic heterocycles. The predicted molar refractivity (Wildman–Crippen MR) is 120 cm³/mol. The smallest absolute Gasteiger partial charge is 0.267 e. The fraction of sp³-hybridized carbons (Fsp3) is 0.174. The topological polar surface area (TPSA) is 68.9 Å². The molecule has 30 heavy (non-hydrogen) atoms. The van der Waals surface area contributed by atoms with Crippen molar-refractivity contribution in [3.8, 4) is 11.3 Å². The third kappa shape index (κ3) is 4.00. The van der Waals surface area contributed by atoms with Gasteiger partial charge in [-0.15, -0.1) is 0 Å².